The molecule has 1 saturated carbocycles. The molecule has 1 aliphatic rings. The number of hydrogen-bond donors (Lipinski definition) is 1. The Kier molecular flexibility index (Phi) is 7.97. The summed E-state index contributed by atoms with van der Waals surface area (Å²) < 4.78 is 5.36. The molecule has 2 amide bonds. The first-order valence-corrected chi connectivity index (χ1v) is 12.2. The van der Waals surface area contributed by atoms with E-state index >= 15 is 0 Å². The minimum absolute atomic E-state index is 0.151. The lowest BCUT2D eigenvalue weighted by molar-refractivity contribution is -0.127. The van der Waals surface area contributed by atoms with Crippen LogP contribution in [-0.2, 0) is 16.1 Å². The van der Waals surface area contributed by atoms with Crippen molar-refractivity contribution < 1.29 is 14.3 Å². The Balaban J connectivity index is 1.59. The molecule has 1 fully saturated rings. The van der Waals surface area contributed by atoms with Crippen molar-refractivity contribution in [2.45, 2.75) is 57.7 Å². The third-order valence-electron chi connectivity index (χ3n) is 6.13. The lowest BCUT2D eigenvalue weighted by atomic mass is 10.1. The maximum atomic E-state index is 13.6. The number of tetrazole rings is 1. The molecule has 184 valence electrons. The van der Waals surface area contributed by atoms with Gasteiger partial charge in [-0.05, 0) is 60.9 Å². The molecule has 3 aromatic rings. The second-order valence-corrected chi connectivity index (χ2v) is 8.97. The topological polar surface area (TPSA) is 102 Å². The predicted octanol–water partition coefficient (Wildman–Crippen LogP) is 3.87. The Morgan fingerprint density at radius 2 is 1.94 bits per heavy atom. The van der Waals surface area contributed by atoms with E-state index in [1.807, 2.05) is 6.92 Å². The number of ether oxygens (including phenoxy) is 1. The zero-order valence-electron chi connectivity index (χ0n) is 19.9. The van der Waals surface area contributed by atoms with Crippen LogP contribution in [0.4, 0.5) is 5.69 Å². The summed E-state index contributed by atoms with van der Waals surface area (Å²) in [6.45, 7) is 1.72. The largest absolute Gasteiger partial charge is 0.497 e. The molecule has 35 heavy (non-hydrogen) atoms. The summed E-state index contributed by atoms with van der Waals surface area (Å²) in [6.07, 6.45) is 4.59. The van der Waals surface area contributed by atoms with E-state index in [-0.39, 0.29) is 24.4 Å². The normalized spacial score (nSPS) is 14.5. The molecule has 0 unspecified atom stereocenters. The number of benzene rings is 2. The average Bonchev–Trinajstić information content (AvgIpc) is 3.55. The summed E-state index contributed by atoms with van der Waals surface area (Å²) in [4.78, 5) is 29.6. The molecule has 1 aliphatic carbocycles. The minimum atomic E-state index is -0.686. The smallest absolute Gasteiger partial charge is 0.251 e. The van der Waals surface area contributed by atoms with Crippen molar-refractivity contribution in [1.29, 1.82) is 0 Å². The van der Waals surface area contributed by atoms with Gasteiger partial charge in [0, 0.05) is 28.4 Å². The molecule has 1 heterocycles. The number of nitrogens with one attached hydrogen (secondary N) is 1. The van der Waals surface area contributed by atoms with Gasteiger partial charge in [0.15, 0.2) is 0 Å². The fraction of sp³-hybridized carbons (Fsp3) is 0.400. The van der Waals surface area contributed by atoms with Crippen LogP contribution < -0.4 is 15.0 Å². The van der Waals surface area contributed by atoms with Crippen molar-refractivity contribution in [1.82, 2.24) is 25.5 Å². The van der Waals surface area contributed by atoms with Gasteiger partial charge in [-0.15, -0.1) is 10.2 Å². The van der Waals surface area contributed by atoms with Crippen molar-refractivity contribution in [2.75, 3.05) is 12.0 Å². The number of carbonyl (C=O) groups is 2. The second-order valence-electron chi connectivity index (χ2n) is 8.53. The van der Waals surface area contributed by atoms with E-state index in [1.165, 1.54) is 9.70 Å². The molecule has 1 aromatic heterocycles. The number of rotatable bonds is 9. The molecule has 1 N–H and O–H groups in total. The van der Waals surface area contributed by atoms with Gasteiger partial charge >= 0.3 is 0 Å². The van der Waals surface area contributed by atoms with Crippen molar-refractivity contribution in [2.24, 2.45) is 0 Å². The molecule has 0 spiro atoms. The molecule has 0 saturated heterocycles. The maximum Gasteiger partial charge on any atom is 0.251 e. The fourth-order valence-corrected chi connectivity index (χ4v) is 4.46. The summed E-state index contributed by atoms with van der Waals surface area (Å²) in [5.41, 5.74) is 1.31. The monoisotopic (exact) mass is 496 g/mol. The molecule has 0 bridgehead atoms. The minimum Gasteiger partial charge on any atom is -0.497 e. The molecule has 0 radical (unpaired) electrons. The van der Waals surface area contributed by atoms with Crippen LogP contribution in [0, 0.1) is 0 Å². The highest BCUT2D eigenvalue weighted by molar-refractivity contribution is 6.30. The van der Waals surface area contributed by atoms with Gasteiger partial charge in [-0.2, -0.15) is 4.80 Å². The Morgan fingerprint density at radius 1 is 1.20 bits per heavy atom. The highest BCUT2D eigenvalue weighted by atomic mass is 35.5. The summed E-state index contributed by atoms with van der Waals surface area (Å²) in [6, 6.07) is 13.6. The van der Waals surface area contributed by atoms with Gasteiger partial charge in [0.25, 0.3) is 5.91 Å². The maximum absolute atomic E-state index is 13.6. The van der Waals surface area contributed by atoms with Gasteiger partial charge in [-0.3, -0.25) is 14.5 Å². The highest BCUT2D eigenvalue weighted by Crippen LogP contribution is 2.26. The number of amides is 2. The Labute approximate surface area is 209 Å². The fourth-order valence-electron chi connectivity index (χ4n) is 4.33. The van der Waals surface area contributed by atoms with Crippen LogP contribution in [0.1, 0.15) is 39.0 Å². The summed E-state index contributed by atoms with van der Waals surface area (Å²) in [5.74, 6) is 0.486. The number of aromatic nitrogens is 4. The van der Waals surface area contributed by atoms with Crippen molar-refractivity contribution in [3.8, 4) is 17.1 Å². The quantitative estimate of drug-likeness (QED) is 0.482. The first-order chi connectivity index (χ1) is 17.0. The Hall–Kier alpha value is -3.46. The molecular formula is C25H29ClN6O3. The number of hydrogen-bond acceptors (Lipinski definition) is 6. The summed E-state index contributed by atoms with van der Waals surface area (Å²) in [7, 11) is 1.56. The predicted molar refractivity (Wildman–Crippen MR) is 133 cm³/mol. The summed E-state index contributed by atoms with van der Waals surface area (Å²) >= 11 is 5.96. The van der Waals surface area contributed by atoms with Crippen LogP contribution in [-0.4, -0.2) is 51.2 Å². The number of carbonyl (C=O) groups excluding carboxylic acids is 2. The van der Waals surface area contributed by atoms with Crippen LogP contribution >= 0.6 is 11.6 Å². The molecular weight excluding hydrogens is 468 g/mol. The van der Waals surface area contributed by atoms with Crippen molar-refractivity contribution >= 4 is 29.1 Å². The first kappa shape index (κ1) is 24.7. The third-order valence-corrected chi connectivity index (χ3v) is 6.39. The van der Waals surface area contributed by atoms with E-state index in [1.54, 1.807) is 55.6 Å². The molecule has 1 atom stereocenters. The van der Waals surface area contributed by atoms with E-state index in [4.69, 9.17) is 16.3 Å². The van der Waals surface area contributed by atoms with Gasteiger partial charge in [0.2, 0.25) is 11.7 Å². The van der Waals surface area contributed by atoms with E-state index < -0.39 is 6.04 Å². The van der Waals surface area contributed by atoms with E-state index in [9.17, 15) is 9.59 Å². The number of anilines is 1. The lowest BCUT2D eigenvalue weighted by Gasteiger charge is -2.31. The van der Waals surface area contributed by atoms with Gasteiger partial charge in [-0.25, -0.2) is 0 Å². The molecule has 10 heteroatoms. The number of nitrogens with zero attached hydrogens (tertiary/aromatic N) is 5. The van der Waals surface area contributed by atoms with Crippen LogP contribution in [0.5, 0.6) is 5.75 Å². The molecule has 0 aliphatic heterocycles. The van der Waals surface area contributed by atoms with E-state index in [0.717, 1.165) is 31.2 Å². The Morgan fingerprint density at radius 3 is 2.63 bits per heavy atom. The van der Waals surface area contributed by atoms with Crippen molar-refractivity contribution in [3.63, 3.8) is 0 Å². The van der Waals surface area contributed by atoms with Gasteiger partial charge < -0.3 is 10.1 Å². The number of methoxy groups -OCH3 is 1. The second kappa shape index (κ2) is 11.3. The zero-order chi connectivity index (χ0) is 24.8. The van der Waals surface area contributed by atoms with E-state index in [0.29, 0.717) is 28.7 Å². The van der Waals surface area contributed by atoms with E-state index in [2.05, 4.69) is 20.7 Å². The average molecular weight is 497 g/mol. The molecule has 2 aromatic carbocycles. The van der Waals surface area contributed by atoms with Gasteiger partial charge in [-0.1, -0.05) is 37.4 Å². The number of halogens is 1. The lowest BCUT2D eigenvalue weighted by Crippen LogP contribution is -2.52. The standard InChI is InChI=1S/C25H29ClN6O3/c1-3-22(25(34)27-19-7-4-5-8-19)32(20-9-6-10-21(15-20)35-2)23(33)16-31-29-24(28-30-31)17-11-13-18(26)14-12-17/h6,9-15,19,22H,3-5,7-8,16H2,1-2H3,(H,27,34)/t22-/m1/s1. The van der Waals surface area contributed by atoms with Crippen LogP contribution in [0.3, 0.4) is 0 Å². The summed E-state index contributed by atoms with van der Waals surface area (Å²) in [5, 5.41) is 16.2. The highest BCUT2D eigenvalue weighted by Gasteiger charge is 2.32. The van der Waals surface area contributed by atoms with Crippen LogP contribution in [0.2, 0.25) is 5.02 Å². The zero-order valence-corrected chi connectivity index (χ0v) is 20.6. The first-order valence-electron chi connectivity index (χ1n) is 11.8. The van der Waals surface area contributed by atoms with Crippen LogP contribution in [0.25, 0.3) is 11.4 Å². The van der Waals surface area contributed by atoms with Gasteiger partial charge in [0.05, 0.1) is 7.11 Å². The molecule has 9 nitrogen and oxygen atoms in total. The van der Waals surface area contributed by atoms with Crippen LogP contribution in [0.15, 0.2) is 48.5 Å². The van der Waals surface area contributed by atoms with Crippen molar-refractivity contribution in [3.05, 3.63) is 53.6 Å². The third kappa shape index (κ3) is 5.97. The Bertz CT molecular complexity index is 1160. The van der Waals surface area contributed by atoms with Gasteiger partial charge in [0.1, 0.15) is 18.3 Å². The SMILES string of the molecule is CC[C@H](C(=O)NC1CCCC1)N(C(=O)Cn1nnc(-c2ccc(Cl)cc2)n1)c1cccc(OC)c1. The molecule has 4 rings (SSSR count).